The largest absolute Gasteiger partial charge is 0.480 e. The van der Waals surface area contributed by atoms with Gasteiger partial charge in [-0.15, -0.1) is 0 Å². The van der Waals surface area contributed by atoms with Crippen molar-refractivity contribution in [2.45, 2.75) is 25.8 Å². The van der Waals surface area contributed by atoms with Crippen LogP contribution in [0.2, 0.25) is 0 Å². The number of carboxylic acids is 1. The fourth-order valence-corrected chi connectivity index (χ4v) is 1.59. The average Bonchev–Trinajstić information content (AvgIpc) is 2.38. The molecule has 0 aliphatic heterocycles. The molecule has 0 spiro atoms. The molecule has 0 fully saturated rings. The molecular formula is C13H15N3O2. The van der Waals surface area contributed by atoms with Crippen molar-refractivity contribution >= 4 is 22.8 Å². The van der Waals surface area contributed by atoms with Gasteiger partial charge < -0.3 is 10.4 Å². The van der Waals surface area contributed by atoms with Crippen LogP contribution < -0.4 is 5.32 Å². The van der Waals surface area contributed by atoms with Gasteiger partial charge in [0.15, 0.2) is 0 Å². The van der Waals surface area contributed by atoms with Gasteiger partial charge in [-0.25, -0.2) is 9.78 Å². The van der Waals surface area contributed by atoms with Crippen LogP contribution in [0.5, 0.6) is 0 Å². The first kappa shape index (κ1) is 12.3. The first-order chi connectivity index (χ1) is 8.55. The number of hydrogen-bond donors (Lipinski definition) is 2. The highest BCUT2D eigenvalue weighted by molar-refractivity contribution is 5.82. The van der Waals surface area contributed by atoms with Crippen LogP contribution >= 0.6 is 0 Å². The molecule has 2 aromatic rings. The summed E-state index contributed by atoms with van der Waals surface area (Å²) in [7, 11) is 0. The van der Waals surface area contributed by atoms with Crippen LogP contribution in [0.15, 0.2) is 30.5 Å². The zero-order chi connectivity index (χ0) is 13.2. The first-order valence-corrected chi connectivity index (χ1v) is 5.78. The van der Waals surface area contributed by atoms with Gasteiger partial charge in [0.25, 0.3) is 0 Å². The Bertz CT molecular complexity index is 585. The Hall–Kier alpha value is -2.17. The third-order valence-corrected chi connectivity index (χ3v) is 3.03. The standard InChI is InChI=1S/C13H15N3O2/c1-3-13(2,12(17)18)16-11-8-14-9-6-4-5-7-10(9)15-11/h4-8H,3H2,1-2H3,(H,15,16)(H,17,18). The number of anilines is 1. The Morgan fingerprint density at radius 3 is 2.67 bits per heavy atom. The van der Waals surface area contributed by atoms with E-state index >= 15 is 0 Å². The lowest BCUT2D eigenvalue weighted by molar-refractivity contribution is -0.141. The van der Waals surface area contributed by atoms with Gasteiger partial charge in [-0.3, -0.25) is 4.98 Å². The van der Waals surface area contributed by atoms with Crippen molar-refractivity contribution in [2.75, 3.05) is 5.32 Å². The van der Waals surface area contributed by atoms with E-state index in [1.807, 2.05) is 31.2 Å². The third kappa shape index (κ3) is 2.25. The fraction of sp³-hybridized carbons (Fsp3) is 0.308. The Morgan fingerprint density at radius 2 is 2.06 bits per heavy atom. The number of carboxylic acid groups (broad SMARTS) is 1. The summed E-state index contributed by atoms with van der Waals surface area (Å²) in [6.07, 6.45) is 2.01. The van der Waals surface area contributed by atoms with Gasteiger partial charge in [0, 0.05) is 0 Å². The molecule has 0 saturated heterocycles. The van der Waals surface area contributed by atoms with Crippen molar-refractivity contribution in [3.8, 4) is 0 Å². The molecule has 2 N–H and O–H groups in total. The highest BCUT2D eigenvalue weighted by atomic mass is 16.4. The quantitative estimate of drug-likeness (QED) is 0.864. The van der Waals surface area contributed by atoms with E-state index in [1.54, 1.807) is 13.1 Å². The summed E-state index contributed by atoms with van der Waals surface area (Å²) in [6.45, 7) is 3.45. The second-order valence-corrected chi connectivity index (χ2v) is 4.36. The minimum absolute atomic E-state index is 0.455. The van der Waals surface area contributed by atoms with Gasteiger partial charge >= 0.3 is 5.97 Å². The lowest BCUT2D eigenvalue weighted by Crippen LogP contribution is -2.42. The highest BCUT2D eigenvalue weighted by Gasteiger charge is 2.31. The molecular weight excluding hydrogens is 230 g/mol. The molecule has 2 rings (SSSR count). The number of nitrogens with zero attached hydrogens (tertiary/aromatic N) is 2. The molecule has 18 heavy (non-hydrogen) atoms. The van der Waals surface area contributed by atoms with Crippen molar-refractivity contribution < 1.29 is 9.90 Å². The number of rotatable bonds is 4. The van der Waals surface area contributed by atoms with E-state index in [0.717, 1.165) is 11.0 Å². The minimum atomic E-state index is -1.03. The van der Waals surface area contributed by atoms with Gasteiger partial charge in [0.2, 0.25) is 0 Å². The maximum absolute atomic E-state index is 11.2. The number of nitrogens with one attached hydrogen (secondary N) is 1. The second-order valence-electron chi connectivity index (χ2n) is 4.36. The maximum atomic E-state index is 11.2. The number of hydrogen-bond acceptors (Lipinski definition) is 4. The van der Waals surface area contributed by atoms with E-state index in [9.17, 15) is 9.90 Å². The number of carbonyl (C=O) groups is 1. The third-order valence-electron chi connectivity index (χ3n) is 3.03. The monoisotopic (exact) mass is 245 g/mol. The van der Waals surface area contributed by atoms with Crippen LogP contribution in [0.4, 0.5) is 5.82 Å². The molecule has 0 aliphatic rings. The molecule has 1 aromatic heterocycles. The number of benzene rings is 1. The number of aromatic nitrogens is 2. The SMILES string of the molecule is CCC(C)(Nc1cnc2ccccc2n1)C(=O)O. The lowest BCUT2D eigenvalue weighted by atomic mass is 9.99. The highest BCUT2D eigenvalue weighted by Crippen LogP contribution is 2.18. The second kappa shape index (κ2) is 4.60. The fourth-order valence-electron chi connectivity index (χ4n) is 1.59. The predicted octanol–water partition coefficient (Wildman–Crippen LogP) is 2.29. The summed E-state index contributed by atoms with van der Waals surface area (Å²) in [5.41, 5.74) is 0.500. The molecule has 1 unspecified atom stereocenters. The summed E-state index contributed by atoms with van der Waals surface area (Å²) in [6, 6.07) is 7.47. The lowest BCUT2D eigenvalue weighted by Gasteiger charge is -2.25. The van der Waals surface area contributed by atoms with E-state index in [1.165, 1.54) is 0 Å². The van der Waals surface area contributed by atoms with Crippen molar-refractivity contribution in [1.29, 1.82) is 0 Å². The molecule has 1 aromatic carbocycles. The molecule has 94 valence electrons. The molecule has 1 atom stereocenters. The van der Waals surface area contributed by atoms with Crippen molar-refractivity contribution in [3.05, 3.63) is 30.5 Å². The molecule has 0 bridgehead atoms. The van der Waals surface area contributed by atoms with Crippen LogP contribution in [-0.2, 0) is 4.79 Å². The summed E-state index contributed by atoms with van der Waals surface area (Å²) in [4.78, 5) is 19.8. The number of para-hydroxylation sites is 2. The minimum Gasteiger partial charge on any atom is -0.480 e. The number of fused-ring (bicyclic) bond motifs is 1. The van der Waals surface area contributed by atoms with E-state index in [-0.39, 0.29) is 0 Å². The Balaban J connectivity index is 2.34. The Labute approximate surface area is 105 Å². The van der Waals surface area contributed by atoms with E-state index in [4.69, 9.17) is 0 Å². The van der Waals surface area contributed by atoms with Crippen LogP contribution in [-0.4, -0.2) is 26.6 Å². The zero-order valence-electron chi connectivity index (χ0n) is 10.3. The molecule has 1 heterocycles. The van der Waals surface area contributed by atoms with Crippen molar-refractivity contribution in [1.82, 2.24) is 9.97 Å². The Morgan fingerprint density at radius 1 is 1.39 bits per heavy atom. The van der Waals surface area contributed by atoms with Gasteiger partial charge in [-0.1, -0.05) is 19.1 Å². The summed E-state index contributed by atoms with van der Waals surface area (Å²) < 4.78 is 0. The maximum Gasteiger partial charge on any atom is 0.329 e. The average molecular weight is 245 g/mol. The van der Waals surface area contributed by atoms with Crippen molar-refractivity contribution in [2.24, 2.45) is 0 Å². The van der Waals surface area contributed by atoms with Crippen LogP contribution in [0, 0.1) is 0 Å². The van der Waals surface area contributed by atoms with Crippen LogP contribution in [0.3, 0.4) is 0 Å². The normalized spacial score (nSPS) is 14.1. The summed E-state index contributed by atoms with van der Waals surface area (Å²) in [5, 5.41) is 12.1. The molecule has 0 saturated carbocycles. The Kier molecular flexibility index (Phi) is 3.14. The van der Waals surface area contributed by atoms with E-state index in [2.05, 4.69) is 15.3 Å². The molecule has 5 nitrogen and oxygen atoms in total. The smallest absolute Gasteiger partial charge is 0.329 e. The number of aliphatic carboxylic acids is 1. The van der Waals surface area contributed by atoms with Crippen molar-refractivity contribution in [3.63, 3.8) is 0 Å². The summed E-state index contributed by atoms with van der Waals surface area (Å²) >= 11 is 0. The van der Waals surface area contributed by atoms with Gasteiger partial charge in [-0.05, 0) is 25.5 Å². The topological polar surface area (TPSA) is 75.1 Å². The zero-order valence-corrected chi connectivity index (χ0v) is 10.3. The first-order valence-electron chi connectivity index (χ1n) is 5.78. The summed E-state index contributed by atoms with van der Waals surface area (Å²) in [5.74, 6) is -0.430. The molecule has 0 radical (unpaired) electrons. The van der Waals surface area contributed by atoms with Gasteiger partial charge in [0.05, 0.1) is 17.2 Å². The van der Waals surface area contributed by atoms with Crippen LogP contribution in [0.25, 0.3) is 11.0 Å². The molecule has 5 heteroatoms. The van der Waals surface area contributed by atoms with Gasteiger partial charge in [-0.2, -0.15) is 0 Å². The predicted molar refractivity (Wildman–Crippen MR) is 69.5 cm³/mol. The van der Waals surface area contributed by atoms with Crippen LogP contribution in [0.1, 0.15) is 20.3 Å². The van der Waals surface area contributed by atoms with Gasteiger partial charge in [0.1, 0.15) is 11.4 Å². The van der Waals surface area contributed by atoms with E-state index in [0.29, 0.717) is 12.2 Å². The molecule has 0 amide bonds. The van der Waals surface area contributed by atoms with E-state index < -0.39 is 11.5 Å². The molecule has 0 aliphatic carbocycles.